The monoisotopic (exact) mass is 321 g/mol. The largest absolute Gasteiger partial charge is 0.462 e. The number of ether oxygens (including phenoxy) is 1. The van der Waals surface area contributed by atoms with Crippen LogP contribution in [0.2, 0.25) is 0 Å². The van der Waals surface area contributed by atoms with Crippen LogP contribution < -0.4 is 0 Å². The molecule has 2 atom stereocenters. The molecule has 0 saturated heterocycles. The first-order valence-corrected chi connectivity index (χ1v) is 7.72. The van der Waals surface area contributed by atoms with Crippen molar-refractivity contribution >= 4 is 11.8 Å². The summed E-state index contributed by atoms with van der Waals surface area (Å²) in [5.74, 6) is -1.07. The lowest BCUT2D eigenvalue weighted by molar-refractivity contribution is -0.547. The third-order valence-electron chi connectivity index (χ3n) is 3.77. The lowest BCUT2D eigenvalue weighted by Gasteiger charge is -2.25. The molecule has 1 rings (SSSR count). The van der Waals surface area contributed by atoms with Crippen LogP contribution in [0.15, 0.2) is 30.3 Å². The lowest BCUT2D eigenvalue weighted by atomic mass is 9.85. The topological polar surface area (TPSA) is 86.5 Å². The van der Waals surface area contributed by atoms with Crippen molar-refractivity contribution in [3.8, 4) is 0 Å². The summed E-state index contributed by atoms with van der Waals surface area (Å²) >= 11 is 0. The van der Waals surface area contributed by atoms with Crippen molar-refractivity contribution in [2.45, 2.75) is 58.1 Å². The van der Waals surface area contributed by atoms with Gasteiger partial charge in [0.25, 0.3) is 5.54 Å². The van der Waals surface area contributed by atoms with E-state index in [0.717, 1.165) is 12.8 Å². The molecule has 0 fully saturated rings. The molecule has 0 radical (unpaired) electrons. The Hall–Kier alpha value is -2.24. The summed E-state index contributed by atoms with van der Waals surface area (Å²) in [5.41, 5.74) is -1.54. The van der Waals surface area contributed by atoms with Crippen LogP contribution >= 0.6 is 0 Å². The molecular formula is C17H23NO5. The molecule has 1 aromatic rings. The lowest BCUT2D eigenvalue weighted by Crippen LogP contribution is -2.46. The average molecular weight is 321 g/mol. The molecule has 0 aromatic heterocycles. The van der Waals surface area contributed by atoms with Crippen LogP contribution in [-0.2, 0) is 9.53 Å². The average Bonchev–Trinajstić information content (AvgIpc) is 2.51. The van der Waals surface area contributed by atoms with Crippen LogP contribution in [0.25, 0.3) is 0 Å². The van der Waals surface area contributed by atoms with Crippen LogP contribution in [-0.4, -0.2) is 28.3 Å². The number of hydrogen-bond acceptors (Lipinski definition) is 5. The van der Waals surface area contributed by atoms with E-state index < -0.39 is 28.3 Å². The SMILES string of the molecule is CCCC[C@H](C[C@](C)(C(=O)c1ccccc1)[N+](=O)[O-])OC(C)=O. The van der Waals surface area contributed by atoms with Gasteiger partial charge in [-0.3, -0.25) is 19.7 Å². The smallest absolute Gasteiger partial charge is 0.302 e. The van der Waals surface area contributed by atoms with Crippen molar-refractivity contribution in [1.29, 1.82) is 0 Å². The van der Waals surface area contributed by atoms with E-state index in [2.05, 4.69) is 0 Å². The normalized spacial score (nSPS) is 14.6. The minimum absolute atomic E-state index is 0.132. The second-order valence-corrected chi connectivity index (χ2v) is 5.80. The van der Waals surface area contributed by atoms with Gasteiger partial charge >= 0.3 is 5.97 Å². The van der Waals surface area contributed by atoms with Gasteiger partial charge in [-0.2, -0.15) is 0 Å². The first-order chi connectivity index (χ1) is 10.8. The Morgan fingerprint density at radius 2 is 1.91 bits per heavy atom. The second kappa shape index (κ2) is 8.41. The van der Waals surface area contributed by atoms with E-state index in [1.165, 1.54) is 13.8 Å². The number of unbranched alkanes of at least 4 members (excludes halogenated alkanes) is 1. The zero-order valence-corrected chi connectivity index (χ0v) is 13.8. The Kier molecular flexibility index (Phi) is 6.88. The molecule has 0 aliphatic carbocycles. The number of Topliss-reactive ketones (excluding diaryl/α,β-unsaturated/α-hetero) is 1. The highest BCUT2D eigenvalue weighted by atomic mass is 16.6. The maximum Gasteiger partial charge on any atom is 0.302 e. The van der Waals surface area contributed by atoms with E-state index in [-0.39, 0.29) is 12.0 Å². The third-order valence-corrected chi connectivity index (χ3v) is 3.77. The fraction of sp³-hybridized carbons (Fsp3) is 0.529. The van der Waals surface area contributed by atoms with Gasteiger partial charge in [0, 0.05) is 24.3 Å². The van der Waals surface area contributed by atoms with Gasteiger partial charge in [-0.25, -0.2) is 0 Å². The maximum absolute atomic E-state index is 12.6. The predicted molar refractivity (Wildman–Crippen MR) is 85.9 cm³/mol. The Bertz CT molecular complexity index is 557. The number of esters is 1. The minimum Gasteiger partial charge on any atom is -0.462 e. The second-order valence-electron chi connectivity index (χ2n) is 5.80. The number of hydrogen-bond donors (Lipinski definition) is 0. The van der Waals surface area contributed by atoms with E-state index >= 15 is 0 Å². The van der Waals surface area contributed by atoms with Gasteiger partial charge in [-0.1, -0.05) is 50.1 Å². The minimum atomic E-state index is -1.82. The van der Waals surface area contributed by atoms with Crippen LogP contribution in [0, 0.1) is 10.1 Å². The van der Waals surface area contributed by atoms with Crippen molar-refractivity contribution < 1.29 is 19.2 Å². The summed E-state index contributed by atoms with van der Waals surface area (Å²) < 4.78 is 5.19. The molecule has 0 heterocycles. The number of ketones is 1. The number of nitro groups is 1. The van der Waals surface area contributed by atoms with Gasteiger partial charge in [0.1, 0.15) is 6.10 Å². The van der Waals surface area contributed by atoms with E-state index in [1.54, 1.807) is 30.3 Å². The fourth-order valence-corrected chi connectivity index (χ4v) is 2.46. The molecule has 0 unspecified atom stereocenters. The summed E-state index contributed by atoms with van der Waals surface area (Å²) in [7, 11) is 0. The van der Waals surface area contributed by atoms with Crippen molar-refractivity contribution in [3.05, 3.63) is 46.0 Å². The van der Waals surface area contributed by atoms with Gasteiger partial charge in [0.15, 0.2) is 0 Å². The molecule has 0 N–H and O–H groups in total. The van der Waals surface area contributed by atoms with Crippen molar-refractivity contribution in [2.24, 2.45) is 0 Å². The van der Waals surface area contributed by atoms with Gasteiger partial charge in [0.2, 0.25) is 5.78 Å². The summed E-state index contributed by atoms with van der Waals surface area (Å²) in [6.45, 7) is 4.54. The van der Waals surface area contributed by atoms with Gasteiger partial charge in [-0.15, -0.1) is 0 Å². The standard InChI is InChI=1S/C17H23NO5/c1-4-5-11-15(23-13(2)19)12-17(3,18(21)22)16(20)14-9-7-6-8-10-14/h6-10,15H,4-5,11-12H2,1-3H3/t15-,17-/m1/s1. The highest BCUT2D eigenvalue weighted by Crippen LogP contribution is 2.26. The summed E-state index contributed by atoms with van der Waals surface area (Å²) in [6.07, 6.45) is 1.37. The van der Waals surface area contributed by atoms with E-state index in [4.69, 9.17) is 4.74 Å². The molecule has 6 nitrogen and oxygen atoms in total. The van der Waals surface area contributed by atoms with Crippen molar-refractivity contribution in [3.63, 3.8) is 0 Å². The summed E-state index contributed by atoms with van der Waals surface area (Å²) in [6, 6.07) is 8.17. The molecule has 126 valence electrons. The quantitative estimate of drug-likeness (QED) is 0.301. The predicted octanol–water partition coefficient (Wildman–Crippen LogP) is 3.42. The van der Waals surface area contributed by atoms with E-state index in [9.17, 15) is 19.7 Å². The molecule has 0 aliphatic heterocycles. The van der Waals surface area contributed by atoms with Gasteiger partial charge < -0.3 is 4.74 Å². The highest BCUT2D eigenvalue weighted by Gasteiger charge is 2.48. The Morgan fingerprint density at radius 3 is 2.39 bits per heavy atom. The van der Waals surface area contributed by atoms with E-state index in [1.807, 2.05) is 6.92 Å². The highest BCUT2D eigenvalue weighted by molar-refractivity contribution is 6.02. The number of carbonyl (C=O) groups excluding carboxylic acids is 2. The molecule has 23 heavy (non-hydrogen) atoms. The molecule has 0 amide bonds. The Balaban J connectivity index is 3.04. The van der Waals surface area contributed by atoms with Crippen LogP contribution in [0.3, 0.4) is 0 Å². The maximum atomic E-state index is 12.6. The molecule has 0 saturated carbocycles. The molecule has 0 bridgehead atoms. The number of carbonyl (C=O) groups is 2. The zero-order chi connectivity index (χ0) is 17.5. The molecule has 1 aromatic carbocycles. The first kappa shape index (κ1) is 18.8. The fourth-order valence-electron chi connectivity index (χ4n) is 2.46. The summed E-state index contributed by atoms with van der Waals surface area (Å²) in [5, 5.41) is 11.6. The van der Waals surface area contributed by atoms with Gasteiger partial charge in [0.05, 0.1) is 6.42 Å². The Morgan fingerprint density at radius 1 is 1.30 bits per heavy atom. The van der Waals surface area contributed by atoms with Crippen LogP contribution in [0.5, 0.6) is 0 Å². The number of nitrogens with zero attached hydrogens (tertiary/aromatic N) is 1. The molecule has 0 spiro atoms. The molecule has 6 heteroatoms. The molecular weight excluding hydrogens is 298 g/mol. The van der Waals surface area contributed by atoms with Crippen LogP contribution in [0.1, 0.15) is 56.8 Å². The zero-order valence-electron chi connectivity index (χ0n) is 13.8. The van der Waals surface area contributed by atoms with Crippen LogP contribution in [0.4, 0.5) is 0 Å². The summed E-state index contributed by atoms with van der Waals surface area (Å²) in [4.78, 5) is 34.9. The third kappa shape index (κ3) is 5.16. The van der Waals surface area contributed by atoms with Gasteiger partial charge in [-0.05, 0) is 6.42 Å². The number of rotatable bonds is 9. The van der Waals surface area contributed by atoms with Crippen molar-refractivity contribution in [2.75, 3.05) is 0 Å². The molecule has 0 aliphatic rings. The van der Waals surface area contributed by atoms with E-state index in [0.29, 0.717) is 6.42 Å². The van der Waals surface area contributed by atoms with Crippen molar-refractivity contribution in [1.82, 2.24) is 0 Å². The first-order valence-electron chi connectivity index (χ1n) is 7.72. The Labute approximate surface area is 136 Å². The number of benzene rings is 1.